The molecule has 1 aliphatic heterocycles. The molecule has 0 atom stereocenters. The fourth-order valence-corrected chi connectivity index (χ4v) is 3.88. The highest BCUT2D eigenvalue weighted by Gasteiger charge is 2.27. The van der Waals surface area contributed by atoms with Crippen LogP contribution in [0.5, 0.6) is 0 Å². The zero-order valence-electron chi connectivity index (χ0n) is 17.3. The maximum Gasteiger partial charge on any atom is 0.300 e. The Hall–Kier alpha value is -3.47. The third-order valence-electron chi connectivity index (χ3n) is 4.14. The van der Waals surface area contributed by atoms with E-state index < -0.39 is 28.5 Å². The maximum absolute atomic E-state index is 13.1. The third-order valence-corrected chi connectivity index (χ3v) is 5.46. The van der Waals surface area contributed by atoms with Crippen LogP contribution in [0.1, 0.15) is 42.7 Å². The summed E-state index contributed by atoms with van der Waals surface area (Å²) in [5.74, 6) is -4.58. The van der Waals surface area contributed by atoms with E-state index in [-0.39, 0.29) is 27.9 Å². The van der Waals surface area contributed by atoms with E-state index in [1.54, 1.807) is 11.0 Å². The number of aliphatic carboxylic acids is 1. The van der Waals surface area contributed by atoms with Crippen molar-refractivity contribution in [3.8, 4) is 6.07 Å². The Kier molecular flexibility index (Phi) is 7.57. The number of aromatic amines is 1. The van der Waals surface area contributed by atoms with E-state index in [9.17, 15) is 22.0 Å². The van der Waals surface area contributed by atoms with Gasteiger partial charge in [-0.3, -0.25) is 19.0 Å². The Morgan fingerprint density at radius 2 is 1.97 bits per heavy atom. The van der Waals surface area contributed by atoms with Gasteiger partial charge in [-0.1, -0.05) is 0 Å². The molecule has 0 unspecified atom stereocenters. The number of carbonyl (C=O) groups excluding carboxylic acids is 1. The van der Waals surface area contributed by atoms with Crippen molar-refractivity contribution in [1.29, 1.82) is 5.26 Å². The van der Waals surface area contributed by atoms with Gasteiger partial charge in [-0.2, -0.15) is 10.4 Å². The summed E-state index contributed by atoms with van der Waals surface area (Å²) in [6, 6.07) is 2.90. The Balaban J connectivity index is 0.000000837. The molecule has 11 nitrogen and oxygen atoms in total. The van der Waals surface area contributed by atoms with Crippen molar-refractivity contribution < 1.29 is 31.9 Å². The number of aromatic nitrogens is 3. The number of hydrogen-bond acceptors (Lipinski definition) is 6. The highest BCUT2D eigenvalue weighted by molar-refractivity contribution is 7.92. The Morgan fingerprint density at radius 1 is 1.38 bits per heavy atom. The molecule has 0 aliphatic carbocycles. The fraction of sp³-hybridized carbons (Fsp3) is 0.444. The van der Waals surface area contributed by atoms with Crippen molar-refractivity contribution >= 4 is 27.7 Å². The Bertz CT molecular complexity index is 1120. The number of sulfonamides is 1. The molecule has 0 spiro atoms. The second kappa shape index (κ2) is 9.77. The van der Waals surface area contributed by atoms with Crippen LogP contribution in [0.2, 0.25) is 0 Å². The number of rotatable bonds is 6. The van der Waals surface area contributed by atoms with E-state index in [4.69, 9.17) is 15.2 Å². The summed E-state index contributed by atoms with van der Waals surface area (Å²) in [6.45, 7) is 2.19. The molecule has 2 aromatic rings. The number of anilines is 1. The number of nitriles is 1. The SMILES string of the molecule is CC(=O)O.CC(F)(F)Cn1cc(C#N)c(NS(=O)(=O)c2c[nH]c(C(=O)N3CCCC3)c2)n1. The number of halogens is 2. The van der Waals surface area contributed by atoms with Crippen LogP contribution in [0.25, 0.3) is 0 Å². The van der Waals surface area contributed by atoms with Gasteiger partial charge in [-0.05, 0) is 18.9 Å². The minimum atomic E-state index is -4.18. The molecular formula is C18H22F2N6O5S. The zero-order valence-corrected chi connectivity index (χ0v) is 18.1. The molecule has 1 saturated heterocycles. The first-order valence-electron chi connectivity index (χ1n) is 9.38. The van der Waals surface area contributed by atoms with Gasteiger partial charge in [0.2, 0.25) is 0 Å². The van der Waals surface area contributed by atoms with Gasteiger partial charge in [-0.25, -0.2) is 17.2 Å². The van der Waals surface area contributed by atoms with Crippen LogP contribution in [-0.4, -0.2) is 64.1 Å². The quantitative estimate of drug-likeness (QED) is 0.578. The number of H-pyrrole nitrogens is 1. The van der Waals surface area contributed by atoms with E-state index in [1.165, 1.54) is 6.07 Å². The maximum atomic E-state index is 13.1. The van der Waals surface area contributed by atoms with Crippen molar-refractivity contribution in [2.45, 2.75) is 44.1 Å². The van der Waals surface area contributed by atoms with Crippen molar-refractivity contribution in [2.24, 2.45) is 0 Å². The molecule has 1 amide bonds. The molecule has 3 rings (SSSR count). The molecule has 0 aromatic carbocycles. The average Bonchev–Trinajstić information content (AvgIpc) is 3.40. The topological polar surface area (TPSA) is 161 Å². The largest absolute Gasteiger partial charge is 0.481 e. The third kappa shape index (κ3) is 6.77. The van der Waals surface area contributed by atoms with Crippen LogP contribution >= 0.6 is 0 Å². The number of amides is 1. The lowest BCUT2D eigenvalue weighted by Gasteiger charge is -2.13. The van der Waals surface area contributed by atoms with E-state index in [0.29, 0.717) is 20.0 Å². The summed E-state index contributed by atoms with van der Waals surface area (Å²) in [5.41, 5.74) is -0.0735. The van der Waals surface area contributed by atoms with Crippen LogP contribution in [0.4, 0.5) is 14.6 Å². The van der Waals surface area contributed by atoms with Crippen molar-refractivity contribution in [2.75, 3.05) is 17.8 Å². The summed E-state index contributed by atoms with van der Waals surface area (Å²) in [5, 5.41) is 20.3. The zero-order chi connectivity index (χ0) is 24.1. The first-order valence-corrected chi connectivity index (χ1v) is 10.9. The minimum absolute atomic E-state index is 0.124. The van der Waals surface area contributed by atoms with Crippen molar-refractivity contribution in [3.05, 3.63) is 29.7 Å². The number of likely N-dealkylation sites (tertiary alicyclic amines) is 1. The number of nitrogens with zero attached hydrogens (tertiary/aromatic N) is 4. The molecule has 0 saturated carbocycles. The first kappa shape index (κ1) is 24.8. The molecule has 1 aliphatic rings. The normalized spacial score (nSPS) is 13.8. The molecular weight excluding hydrogens is 450 g/mol. The molecule has 3 heterocycles. The highest BCUT2D eigenvalue weighted by atomic mass is 32.2. The molecule has 32 heavy (non-hydrogen) atoms. The second-order valence-corrected chi connectivity index (χ2v) is 8.83. The summed E-state index contributed by atoms with van der Waals surface area (Å²) in [4.78, 5) is 25.4. The van der Waals surface area contributed by atoms with Gasteiger partial charge >= 0.3 is 0 Å². The van der Waals surface area contributed by atoms with E-state index in [2.05, 4.69) is 14.8 Å². The van der Waals surface area contributed by atoms with Gasteiger partial charge in [0.25, 0.3) is 27.8 Å². The van der Waals surface area contributed by atoms with Gasteiger partial charge in [0, 0.05) is 39.3 Å². The van der Waals surface area contributed by atoms with Crippen LogP contribution in [0.15, 0.2) is 23.4 Å². The van der Waals surface area contributed by atoms with E-state index in [1.807, 2.05) is 0 Å². The van der Waals surface area contributed by atoms with Crippen LogP contribution in [-0.2, 0) is 21.4 Å². The lowest BCUT2D eigenvalue weighted by atomic mass is 10.3. The van der Waals surface area contributed by atoms with Gasteiger partial charge in [-0.15, -0.1) is 0 Å². The lowest BCUT2D eigenvalue weighted by molar-refractivity contribution is -0.134. The smallest absolute Gasteiger partial charge is 0.300 e. The summed E-state index contributed by atoms with van der Waals surface area (Å²) >= 11 is 0. The highest BCUT2D eigenvalue weighted by Crippen LogP contribution is 2.22. The number of carboxylic acids is 1. The first-order chi connectivity index (χ1) is 14.8. The second-order valence-electron chi connectivity index (χ2n) is 7.14. The average molecular weight is 472 g/mol. The fourth-order valence-electron chi connectivity index (χ4n) is 2.87. The Morgan fingerprint density at radius 3 is 2.50 bits per heavy atom. The van der Waals surface area contributed by atoms with Gasteiger partial charge < -0.3 is 15.0 Å². The number of carboxylic acid groups (broad SMARTS) is 1. The minimum Gasteiger partial charge on any atom is -0.481 e. The number of alkyl halides is 2. The predicted octanol–water partition coefficient (Wildman–Crippen LogP) is 1.87. The summed E-state index contributed by atoms with van der Waals surface area (Å²) < 4.78 is 54.3. The lowest BCUT2D eigenvalue weighted by Crippen LogP contribution is -2.27. The van der Waals surface area contributed by atoms with Crippen molar-refractivity contribution in [1.82, 2.24) is 19.7 Å². The van der Waals surface area contributed by atoms with Crippen molar-refractivity contribution in [3.63, 3.8) is 0 Å². The molecule has 14 heteroatoms. The van der Waals surface area contributed by atoms with Crippen LogP contribution in [0, 0.1) is 11.3 Å². The number of nitrogens with one attached hydrogen (secondary N) is 2. The molecule has 2 aromatic heterocycles. The van der Waals surface area contributed by atoms with E-state index >= 15 is 0 Å². The van der Waals surface area contributed by atoms with Crippen LogP contribution < -0.4 is 4.72 Å². The number of carbonyl (C=O) groups is 2. The Labute approximate surface area is 182 Å². The van der Waals surface area contributed by atoms with Gasteiger partial charge in [0.1, 0.15) is 28.8 Å². The van der Waals surface area contributed by atoms with E-state index in [0.717, 1.165) is 36.8 Å². The standard InChI is InChI=1S/C16H18F2N6O3S.C2H4O2/c1-16(17,18)10-24-9-11(7-19)14(21-24)22-28(26,27)12-6-13(20-8-12)15(25)23-4-2-3-5-23;1-2(3)4/h6,8-9,20H,2-5,10H2,1H3,(H,21,22);1H3,(H,3,4). The molecule has 174 valence electrons. The molecule has 1 fully saturated rings. The van der Waals surface area contributed by atoms with Gasteiger partial charge in [0.15, 0.2) is 5.82 Å². The molecule has 0 bridgehead atoms. The predicted molar refractivity (Wildman–Crippen MR) is 108 cm³/mol. The molecule has 0 radical (unpaired) electrons. The van der Waals surface area contributed by atoms with Crippen LogP contribution in [0.3, 0.4) is 0 Å². The summed E-state index contributed by atoms with van der Waals surface area (Å²) in [6.07, 6.45) is 3.98. The summed E-state index contributed by atoms with van der Waals surface area (Å²) in [7, 11) is -4.18. The molecule has 3 N–H and O–H groups in total. The monoisotopic (exact) mass is 472 g/mol. The number of hydrogen-bond donors (Lipinski definition) is 3. The van der Waals surface area contributed by atoms with Gasteiger partial charge in [0.05, 0.1) is 0 Å².